The zero-order chi connectivity index (χ0) is 21.8. The summed E-state index contributed by atoms with van der Waals surface area (Å²) in [5, 5.41) is 23.0. The summed E-state index contributed by atoms with van der Waals surface area (Å²) in [5.41, 5.74) is 3.37. The third kappa shape index (κ3) is 2.69. The second kappa shape index (κ2) is 6.91. The number of pyridine rings is 2. The molecule has 0 saturated carbocycles. The molecule has 0 aliphatic rings. The maximum Gasteiger partial charge on any atom is 0.263 e. The Morgan fingerprint density at radius 2 is 1.72 bits per heavy atom. The second-order valence-corrected chi connectivity index (χ2v) is 7.65. The van der Waals surface area contributed by atoms with Gasteiger partial charge in [0.2, 0.25) is 0 Å². The molecule has 0 radical (unpaired) electrons. The van der Waals surface area contributed by atoms with Gasteiger partial charge in [-0.2, -0.15) is 0 Å². The lowest BCUT2D eigenvalue weighted by Crippen LogP contribution is -2.13. The van der Waals surface area contributed by atoms with Crippen LogP contribution in [0, 0.1) is 5.21 Å². The second-order valence-electron chi connectivity index (χ2n) is 7.65. The van der Waals surface area contributed by atoms with Crippen molar-refractivity contribution < 1.29 is 9.94 Å². The van der Waals surface area contributed by atoms with Crippen molar-refractivity contribution in [2.75, 3.05) is 5.23 Å². The monoisotopic (exact) mass is 422 g/mol. The molecule has 7 heteroatoms. The van der Waals surface area contributed by atoms with Gasteiger partial charge in [0.15, 0.2) is 0 Å². The molecule has 6 rings (SSSR count). The molecule has 32 heavy (non-hydrogen) atoms. The summed E-state index contributed by atoms with van der Waals surface area (Å²) in [4.78, 5) is 17.9. The van der Waals surface area contributed by atoms with Crippen LogP contribution < -0.4 is 15.5 Å². The fourth-order valence-corrected chi connectivity index (χ4v) is 4.32. The standard InChI is InChI=1S/C25H16N3O4/c29-25-20-4-2-1-3-18(20)23-24-19(11-12-26-23)21-13-17(9-10-22(21)27(24)25)32-14-15-5-7-16(8-6-15)28(30)31/h1-13,30H,14H2/q-1. The quantitative estimate of drug-likeness (QED) is 0.322. The molecular weight excluding hydrogens is 406 g/mol. The lowest BCUT2D eigenvalue weighted by molar-refractivity contribution is 0.295. The van der Waals surface area contributed by atoms with E-state index in [4.69, 9.17) is 9.94 Å². The Balaban J connectivity index is 1.47. The lowest BCUT2D eigenvalue weighted by atomic mass is 10.1. The van der Waals surface area contributed by atoms with Crippen molar-refractivity contribution in [3.8, 4) is 5.75 Å². The lowest BCUT2D eigenvalue weighted by Gasteiger charge is -2.21. The summed E-state index contributed by atoms with van der Waals surface area (Å²) in [6, 6.07) is 21.6. The Bertz CT molecular complexity index is 1670. The van der Waals surface area contributed by atoms with Crippen LogP contribution in [0.15, 0.2) is 83.8 Å². The molecule has 0 aliphatic heterocycles. The molecule has 0 saturated heterocycles. The van der Waals surface area contributed by atoms with Crippen LogP contribution in [0.1, 0.15) is 5.56 Å². The Labute approximate surface area is 181 Å². The Hall–Kier alpha value is -4.20. The van der Waals surface area contributed by atoms with Crippen LogP contribution in [0.25, 0.3) is 38.1 Å². The van der Waals surface area contributed by atoms with Gasteiger partial charge in [-0.15, -0.1) is 0 Å². The SMILES string of the molecule is O=c1c2ccccc2c2nccc3c4cc(OCc5ccc(N([O-])O)cc5)ccc4n1c32. The summed E-state index contributed by atoms with van der Waals surface area (Å²) < 4.78 is 7.70. The summed E-state index contributed by atoms with van der Waals surface area (Å²) in [6.07, 6.45) is 1.77. The normalized spacial score (nSPS) is 11.7. The van der Waals surface area contributed by atoms with E-state index in [0.29, 0.717) is 17.7 Å². The van der Waals surface area contributed by atoms with Crippen LogP contribution in [0.4, 0.5) is 5.69 Å². The van der Waals surface area contributed by atoms with Crippen LogP contribution >= 0.6 is 0 Å². The van der Waals surface area contributed by atoms with Gasteiger partial charge in [-0.3, -0.25) is 19.4 Å². The summed E-state index contributed by atoms with van der Waals surface area (Å²) in [7, 11) is 0. The van der Waals surface area contributed by atoms with Crippen LogP contribution in [-0.4, -0.2) is 14.6 Å². The van der Waals surface area contributed by atoms with Gasteiger partial charge in [0.05, 0.1) is 22.2 Å². The molecule has 0 bridgehead atoms. The third-order valence-electron chi connectivity index (χ3n) is 5.83. The molecular formula is C25H16N3O4-. The minimum Gasteiger partial charge on any atom is -0.733 e. The Kier molecular flexibility index (Phi) is 4.01. The first-order chi connectivity index (χ1) is 15.6. The average Bonchev–Trinajstić information content (AvgIpc) is 3.16. The molecule has 6 aromatic rings. The molecule has 3 aromatic heterocycles. The molecule has 0 fully saturated rings. The van der Waals surface area contributed by atoms with E-state index < -0.39 is 0 Å². The number of anilines is 1. The van der Waals surface area contributed by atoms with Gasteiger partial charge in [-0.25, -0.2) is 0 Å². The fraction of sp³-hybridized carbons (Fsp3) is 0.0400. The van der Waals surface area contributed by atoms with Crippen LogP contribution in [-0.2, 0) is 6.61 Å². The van der Waals surface area contributed by atoms with Gasteiger partial charge in [-0.1, -0.05) is 30.3 Å². The van der Waals surface area contributed by atoms with Crippen molar-refractivity contribution in [1.29, 1.82) is 0 Å². The molecule has 156 valence electrons. The molecule has 0 unspecified atom stereocenters. The van der Waals surface area contributed by atoms with Crippen LogP contribution in [0.3, 0.4) is 0 Å². The molecule has 3 aromatic carbocycles. The number of hydrogen-bond donors (Lipinski definition) is 1. The summed E-state index contributed by atoms with van der Waals surface area (Å²) >= 11 is 0. The minimum atomic E-state index is -0.177. The van der Waals surface area contributed by atoms with Crippen LogP contribution in [0.2, 0.25) is 0 Å². The first-order valence-corrected chi connectivity index (χ1v) is 10.1. The zero-order valence-corrected chi connectivity index (χ0v) is 16.7. The first-order valence-electron chi connectivity index (χ1n) is 10.1. The van der Waals surface area contributed by atoms with E-state index in [-0.39, 0.29) is 16.5 Å². The van der Waals surface area contributed by atoms with Crippen molar-refractivity contribution >= 4 is 43.8 Å². The van der Waals surface area contributed by atoms with Crippen LogP contribution in [0.5, 0.6) is 5.75 Å². The van der Waals surface area contributed by atoms with Gasteiger partial charge in [0.25, 0.3) is 5.56 Å². The minimum absolute atomic E-state index is 0.0637. The molecule has 7 nitrogen and oxygen atoms in total. The van der Waals surface area contributed by atoms with Gasteiger partial charge in [-0.05, 0) is 48.0 Å². The van der Waals surface area contributed by atoms with Crippen molar-refractivity contribution in [3.63, 3.8) is 0 Å². The number of fused-ring (bicyclic) bond motifs is 5. The summed E-state index contributed by atoms with van der Waals surface area (Å²) in [5.74, 6) is 0.663. The molecule has 0 spiro atoms. The van der Waals surface area contributed by atoms with E-state index in [1.54, 1.807) is 22.7 Å². The predicted molar refractivity (Wildman–Crippen MR) is 124 cm³/mol. The largest absolute Gasteiger partial charge is 0.733 e. The zero-order valence-electron chi connectivity index (χ0n) is 16.7. The molecule has 0 aliphatic carbocycles. The number of aromatic nitrogens is 2. The third-order valence-corrected chi connectivity index (χ3v) is 5.83. The smallest absolute Gasteiger partial charge is 0.263 e. The molecule has 0 amide bonds. The van der Waals surface area contributed by atoms with Gasteiger partial charge in [0.1, 0.15) is 12.4 Å². The maximum absolute atomic E-state index is 13.3. The topological polar surface area (TPSA) is 90.1 Å². The molecule has 0 atom stereocenters. The number of nitrogens with zero attached hydrogens (tertiary/aromatic N) is 3. The fourth-order valence-electron chi connectivity index (χ4n) is 4.32. The van der Waals surface area contributed by atoms with E-state index in [1.807, 2.05) is 48.5 Å². The van der Waals surface area contributed by atoms with Crippen molar-refractivity contribution in [1.82, 2.24) is 9.38 Å². The first kappa shape index (κ1) is 18.6. The molecule has 3 heterocycles. The van der Waals surface area contributed by atoms with E-state index in [1.165, 1.54) is 12.1 Å². The highest BCUT2D eigenvalue weighted by Crippen LogP contribution is 2.34. The predicted octanol–water partition coefficient (Wildman–Crippen LogP) is 4.86. The van der Waals surface area contributed by atoms with Crippen molar-refractivity contribution in [2.24, 2.45) is 0 Å². The van der Waals surface area contributed by atoms with Gasteiger partial charge >= 0.3 is 0 Å². The number of benzene rings is 3. The number of hydrogen-bond acceptors (Lipinski definition) is 6. The Morgan fingerprint density at radius 3 is 2.50 bits per heavy atom. The number of ether oxygens (including phenoxy) is 1. The van der Waals surface area contributed by atoms with Gasteiger partial charge < -0.3 is 15.2 Å². The average molecular weight is 422 g/mol. The summed E-state index contributed by atoms with van der Waals surface area (Å²) in [6.45, 7) is 0.298. The highest BCUT2D eigenvalue weighted by molar-refractivity contribution is 6.18. The highest BCUT2D eigenvalue weighted by Gasteiger charge is 2.17. The van der Waals surface area contributed by atoms with E-state index in [0.717, 1.165) is 38.3 Å². The highest BCUT2D eigenvalue weighted by atomic mass is 16.8. The van der Waals surface area contributed by atoms with Crippen molar-refractivity contribution in [3.05, 3.63) is 100 Å². The van der Waals surface area contributed by atoms with E-state index in [2.05, 4.69) is 4.98 Å². The van der Waals surface area contributed by atoms with E-state index in [9.17, 15) is 10.0 Å². The number of rotatable bonds is 4. The van der Waals surface area contributed by atoms with E-state index >= 15 is 0 Å². The van der Waals surface area contributed by atoms with Crippen molar-refractivity contribution in [2.45, 2.75) is 6.61 Å². The molecule has 1 N–H and O–H groups in total. The Morgan fingerprint density at radius 1 is 0.938 bits per heavy atom. The van der Waals surface area contributed by atoms with Gasteiger partial charge in [0, 0.05) is 27.7 Å². The maximum atomic E-state index is 13.3.